The highest BCUT2D eigenvalue weighted by Gasteiger charge is 2.25. The Balaban J connectivity index is 1.79. The summed E-state index contributed by atoms with van der Waals surface area (Å²) < 4.78 is 10.5. The van der Waals surface area contributed by atoms with E-state index in [-0.39, 0.29) is 12.0 Å². The predicted molar refractivity (Wildman–Crippen MR) is 74.3 cm³/mol. The number of hydrogen-bond acceptors (Lipinski definition) is 4. The van der Waals surface area contributed by atoms with Crippen molar-refractivity contribution in [1.29, 1.82) is 0 Å². The van der Waals surface area contributed by atoms with Crippen LogP contribution in [0.3, 0.4) is 0 Å². The van der Waals surface area contributed by atoms with Crippen molar-refractivity contribution in [2.45, 2.75) is 25.9 Å². The number of ether oxygens (including phenoxy) is 1. The van der Waals surface area contributed by atoms with Gasteiger partial charge < -0.3 is 9.26 Å². The minimum atomic E-state index is -0.383. The molecule has 0 spiro atoms. The Morgan fingerprint density at radius 3 is 2.85 bits per heavy atom. The molecule has 5 heteroatoms. The van der Waals surface area contributed by atoms with Crippen LogP contribution in [0.5, 0.6) is 0 Å². The van der Waals surface area contributed by atoms with E-state index in [1.54, 1.807) is 6.20 Å². The molecule has 1 saturated heterocycles. The molecule has 1 aromatic carbocycles. The van der Waals surface area contributed by atoms with E-state index in [1.807, 2.05) is 31.2 Å². The van der Waals surface area contributed by atoms with E-state index in [0.717, 1.165) is 24.0 Å². The molecule has 1 aliphatic rings. The van der Waals surface area contributed by atoms with Crippen molar-refractivity contribution in [2.75, 3.05) is 11.9 Å². The lowest BCUT2D eigenvalue weighted by molar-refractivity contribution is -0.124. The number of amides is 1. The smallest absolute Gasteiger partial charge is 0.255 e. The van der Waals surface area contributed by atoms with Gasteiger partial charge in [0.2, 0.25) is 5.88 Å². The van der Waals surface area contributed by atoms with Crippen molar-refractivity contribution < 1.29 is 14.1 Å². The summed E-state index contributed by atoms with van der Waals surface area (Å²) in [4.78, 5) is 12.0. The molecule has 1 atom stereocenters. The molecule has 20 heavy (non-hydrogen) atoms. The van der Waals surface area contributed by atoms with Crippen LogP contribution in [0, 0.1) is 6.92 Å². The van der Waals surface area contributed by atoms with Crippen molar-refractivity contribution in [3.8, 4) is 11.1 Å². The Bertz CT molecular complexity index is 598. The fraction of sp³-hybridized carbons (Fsp3) is 0.333. The first kappa shape index (κ1) is 12.9. The zero-order chi connectivity index (χ0) is 13.9. The van der Waals surface area contributed by atoms with Crippen LogP contribution >= 0.6 is 0 Å². The van der Waals surface area contributed by atoms with Crippen molar-refractivity contribution >= 4 is 11.8 Å². The summed E-state index contributed by atoms with van der Waals surface area (Å²) in [6, 6.07) is 7.97. The van der Waals surface area contributed by atoms with Gasteiger partial charge in [-0.05, 0) is 25.3 Å². The Morgan fingerprint density at radius 2 is 2.15 bits per heavy atom. The topological polar surface area (TPSA) is 64.4 Å². The first-order valence-electron chi connectivity index (χ1n) is 6.68. The van der Waals surface area contributed by atoms with Crippen LogP contribution in [0.1, 0.15) is 18.4 Å². The van der Waals surface area contributed by atoms with E-state index in [2.05, 4.69) is 10.5 Å². The third kappa shape index (κ3) is 2.58. The van der Waals surface area contributed by atoms with E-state index in [4.69, 9.17) is 9.26 Å². The van der Waals surface area contributed by atoms with Gasteiger partial charge in [0.15, 0.2) is 0 Å². The number of anilines is 1. The summed E-state index contributed by atoms with van der Waals surface area (Å²) in [5.41, 5.74) is 2.91. The average Bonchev–Trinajstić information content (AvgIpc) is 3.10. The minimum absolute atomic E-state index is 0.174. The molecule has 1 aliphatic heterocycles. The lowest BCUT2D eigenvalue weighted by Gasteiger charge is -2.09. The van der Waals surface area contributed by atoms with Crippen LogP contribution in [-0.4, -0.2) is 23.8 Å². The number of aryl methyl sites for hydroxylation is 1. The quantitative estimate of drug-likeness (QED) is 0.933. The van der Waals surface area contributed by atoms with Crippen LogP contribution in [0.25, 0.3) is 11.1 Å². The molecule has 5 nitrogen and oxygen atoms in total. The second-order valence-electron chi connectivity index (χ2n) is 4.93. The Labute approximate surface area is 116 Å². The standard InChI is InChI=1S/C15H16N2O3/c1-10-4-6-11(7-5-10)12-9-16-20-15(12)17-14(18)13-3-2-8-19-13/h4-7,9,13H,2-3,8H2,1H3,(H,17,18). The molecule has 104 valence electrons. The monoisotopic (exact) mass is 272 g/mol. The number of hydrogen-bond donors (Lipinski definition) is 1. The fourth-order valence-electron chi connectivity index (χ4n) is 2.25. The fourth-order valence-corrected chi connectivity index (χ4v) is 2.25. The Morgan fingerprint density at radius 1 is 1.35 bits per heavy atom. The van der Waals surface area contributed by atoms with Crippen LogP contribution in [-0.2, 0) is 9.53 Å². The van der Waals surface area contributed by atoms with Crippen molar-refractivity contribution in [3.63, 3.8) is 0 Å². The molecule has 2 aromatic rings. The van der Waals surface area contributed by atoms with Gasteiger partial charge >= 0.3 is 0 Å². The maximum Gasteiger partial charge on any atom is 0.255 e. The van der Waals surface area contributed by atoms with Gasteiger partial charge in [-0.25, -0.2) is 0 Å². The van der Waals surface area contributed by atoms with Gasteiger partial charge in [-0.2, -0.15) is 0 Å². The molecule has 0 bridgehead atoms. The van der Waals surface area contributed by atoms with E-state index >= 15 is 0 Å². The highest BCUT2D eigenvalue weighted by molar-refractivity contribution is 5.96. The molecule has 1 aromatic heterocycles. The predicted octanol–water partition coefficient (Wildman–Crippen LogP) is 2.77. The van der Waals surface area contributed by atoms with Crippen molar-refractivity contribution in [1.82, 2.24) is 5.16 Å². The van der Waals surface area contributed by atoms with E-state index in [0.29, 0.717) is 12.5 Å². The first-order valence-corrected chi connectivity index (χ1v) is 6.68. The molecule has 0 aliphatic carbocycles. The SMILES string of the molecule is Cc1ccc(-c2cnoc2NC(=O)C2CCCO2)cc1. The number of nitrogens with one attached hydrogen (secondary N) is 1. The van der Waals surface area contributed by atoms with Crippen LogP contribution in [0.15, 0.2) is 35.0 Å². The molecule has 1 unspecified atom stereocenters. The van der Waals surface area contributed by atoms with E-state index in [9.17, 15) is 4.79 Å². The molecule has 3 rings (SSSR count). The van der Waals surface area contributed by atoms with Gasteiger partial charge in [0, 0.05) is 6.61 Å². The van der Waals surface area contributed by atoms with Crippen LogP contribution in [0.2, 0.25) is 0 Å². The van der Waals surface area contributed by atoms with Crippen molar-refractivity contribution in [3.05, 3.63) is 36.0 Å². The van der Waals surface area contributed by atoms with Gasteiger partial charge in [-0.1, -0.05) is 35.0 Å². The zero-order valence-electron chi connectivity index (χ0n) is 11.3. The van der Waals surface area contributed by atoms with Crippen molar-refractivity contribution in [2.24, 2.45) is 0 Å². The normalized spacial score (nSPS) is 18.1. The van der Waals surface area contributed by atoms with Gasteiger partial charge in [0.25, 0.3) is 5.91 Å². The molecule has 1 N–H and O–H groups in total. The third-order valence-electron chi connectivity index (χ3n) is 3.39. The summed E-state index contributed by atoms with van der Waals surface area (Å²) in [5, 5.41) is 6.52. The molecule has 1 fully saturated rings. The number of aromatic nitrogens is 1. The maximum absolute atomic E-state index is 12.0. The molecular weight excluding hydrogens is 256 g/mol. The molecule has 0 saturated carbocycles. The second kappa shape index (κ2) is 5.46. The minimum Gasteiger partial charge on any atom is -0.368 e. The zero-order valence-corrected chi connectivity index (χ0v) is 11.3. The van der Waals surface area contributed by atoms with E-state index < -0.39 is 0 Å². The summed E-state index contributed by atoms with van der Waals surface area (Å²) >= 11 is 0. The Hall–Kier alpha value is -2.14. The van der Waals surface area contributed by atoms with Crippen LogP contribution in [0.4, 0.5) is 5.88 Å². The largest absolute Gasteiger partial charge is 0.368 e. The van der Waals surface area contributed by atoms with Gasteiger partial charge in [0.1, 0.15) is 6.10 Å². The number of benzene rings is 1. The number of nitrogens with zero attached hydrogens (tertiary/aromatic N) is 1. The summed E-state index contributed by atoms with van der Waals surface area (Å²) in [5.74, 6) is 0.196. The molecule has 1 amide bonds. The summed E-state index contributed by atoms with van der Waals surface area (Å²) in [7, 11) is 0. The lowest BCUT2D eigenvalue weighted by atomic mass is 10.1. The second-order valence-corrected chi connectivity index (χ2v) is 4.93. The van der Waals surface area contributed by atoms with Gasteiger partial charge in [0.05, 0.1) is 11.8 Å². The Kier molecular flexibility index (Phi) is 3.52. The summed E-state index contributed by atoms with van der Waals surface area (Å²) in [6.07, 6.45) is 2.89. The lowest BCUT2D eigenvalue weighted by Crippen LogP contribution is -2.26. The highest BCUT2D eigenvalue weighted by Crippen LogP contribution is 2.28. The van der Waals surface area contributed by atoms with Gasteiger partial charge in [-0.15, -0.1) is 0 Å². The third-order valence-corrected chi connectivity index (χ3v) is 3.39. The summed E-state index contributed by atoms with van der Waals surface area (Å²) in [6.45, 7) is 2.66. The number of rotatable bonds is 3. The molecule has 0 radical (unpaired) electrons. The molecule has 2 heterocycles. The first-order chi connectivity index (χ1) is 9.74. The highest BCUT2D eigenvalue weighted by atomic mass is 16.5. The molecular formula is C15H16N2O3. The maximum atomic E-state index is 12.0. The van der Waals surface area contributed by atoms with E-state index in [1.165, 1.54) is 5.56 Å². The number of carbonyl (C=O) groups excluding carboxylic acids is 1. The van der Waals surface area contributed by atoms with Crippen LogP contribution < -0.4 is 5.32 Å². The number of carbonyl (C=O) groups is 1. The average molecular weight is 272 g/mol. The van der Waals surface area contributed by atoms with Gasteiger partial charge in [-0.3, -0.25) is 10.1 Å².